The molecule has 1 aliphatic rings. The number of benzene rings is 1. The Labute approximate surface area is 125 Å². The molecule has 6 heteroatoms. The van der Waals surface area contributed by atoms with E-state index in [1.54, 1.807) is 12.3 Å². The van der Waals surface area contributed by atoms with Crippen molar-refractivity contribution in [3.05, 3.63) is 35.2 Å². The minimum atomic E-state index is -1.08. The van der Waals surface area contributed by atoms with Crippen molar-refractivity contribution in [1.82, 2.24) is 5.32 Å². The third kappa shape index (κ3) is 2.30. The molecule has 0 radical (unpaired) electrons. The van der Waals surface area contributed by atoms with E-state index in [-0.39, 0.29) is 19.1 Å². The predicted molar refractivity (Wildman–Crippen MR) is 79.6 cm³/mol. The van der Waals surface area contributed by atoms with E-state index < -0.39 is 17.4 Å². The minimum absolute atomic E-state index is 0.109. The Bertz CT molecular complexity index is 711. The zero-order chi connectivity index (χ0) is 15.0. The van der Waals surface area contributed by atoms with Gasteiger partial charge < -0.3 is 15.2 Å². The topological polar surface area (TPSA) is 75.6 Å². The molecule has 0 bridgehead atoms. The normalized spacial score (nSPS) is 25.1. The monoisotopic (exact) mass is 305 g/mol. The molecule has 2 aromatic rings. The lowest BCUT2D eigenvalue weighted by atomic mass is 9.85. The molecule has 5 nitrogen and oxygen atoms in total. The highest BCUT2D eigenvalue weighted by atomic mass is 32.1. The number of thiophene rings is 1. The van der Waals surface area contributed by atoms with Gasteiger partial charge in [-0.3, -0.25) is 9.59 Å². The van der Waals surface area contributed by atoms with Crippen molar-refractivity contribution >= 4 is 33.3 Å². The summed E-state index contributed by atoms with van der Waals surface area (Å²) in [7, 11) is 0. The van der Waals surface area contributed by atoms with Crippen molar-refractivity contribution in [2.24, 2.45) is 5.41 Å². The van der Waals surface area contributed by atoms with E-state index >= 15 is 0 Å². The zero-order valence-electron chi connectivity index (χ0n) is 11.5. The number of nitrogens with one attached hydrogen (secondary N) is 1. The van der Waals surface area contributed by atoms with E-state index in [4.69, 9.17) is 4.74 Å². The number of hydrogen-bond acceptors (Lipinski definition) is 4. The quantitative estimate of drug-likeness (QED) is 0.911. The number of fused-ring (bicyclic) bond motifs is 1. The van der Waals surface area contributed by atoms with Crippen LogP contribution in [0.4, 0.5) is 0 Å². The molecule has 21 heavy (non-hydrogen) atoms. The number of carboxylic acids is 1. The van der Waals surface area contributed by atoms with Gasteiger partial charge in [0.15, 0.2) is 0 Å². The Hall–Kier alpha value is -1.92. The molecule has 2 atom stereocenters. The van der Waals surface area contributed by atoms with Gasteiger partial charge in [-0.2, -0.15) is 0 Å². The van der Waals surface area contributed by atoms with Gasteiger partial charge >= 0.3 is 5.97 Å². The maximum Gasteiger partial charge on any atom is 0.313 e. The van der Waals surface area contributed by atoms with Gasteiger partial charge in [0.25, 0.3) is 5.91 Å². The van der Waals surface area contributed by atoms with Crippen LogP contribution in [-0.2, 0) is 9.53 Å². The highest BCUT2D eigenvalue weighted by Crippen LogP contribution is 2.30. The molecule has 0 spiro atoms. The number of rotatable bonds is 3. The summed E-state index contributed by atoms with van der Waals surface area (Å²) in [5.74, 6) is -1.21. The lowest BCUT2D eigenvalue weighted by Gasteiger charge is -2.25. The van der Waals surface area contributed by atoms with Gasteiger partial charge in [0, 0.05) is 15.5 Å². The molecule has 2 N–H and O–H groups in total. The SMILES string of the molecule is CC1(C(=O)O)COCC1NC(=O)c1csc2ccccc12. The van der Waals surface area contributed by atoms with Crippen molar-refractivity contribution in [1.29, 1.82) is 0 Å². The van der Waals surface area contributed by atoms with Crippen LogP contribution in [0.5, 0.6) is 0 Å². The maximum absolute atomic E-state index is 12.4. The molecule has 1 saturated heterocycles. The molecule has 3 rings (SSSR count). The van der Waals surface area contributed by atoms with E-state index in [0.29, 0.717) is 5.56 Å². The Kier molecular flexibility index (Phi) is 3.43. The second-order valence-electron chi connectivity index (χ2n) is 5.41. The van der Waals surface area contributed by atoms with E-state index in [2.05, 4.69) is 5.32 Å². The van der Waals surface area contributed by atoms with Crippen molar-refractivity contribution < 1.29 is 19.4 Å². The standard InChI is InChI=1S/C15H15NO4S/c1-15(14(18)19)8-20-6-12(15)16-13(17)10-7-21-11-5-3-2-4-9(10)11/h2-5,7,12H,6,8H2,1H3,(H,16,17)(H,18,19). The first-order valence-electron chi connectivity index (χ1n) is 6.60. The number of carbonyl (C=O) groups excluding carboxylic acids is 1. The molecule has 1 aliphatic heterocycles. The summed E-state index contributed by atoms with van der Waals surface area (Å²) in [4.78, 5) is 23.8. The Morgan fingerprint density at radius 3 is 2.95 bits per heavy atom. The first kappa shape index (κ1) is 14.0. The minimum Gasteiger partial charge on any atom is -0.481 e. The fourth-order valence-electron chi connectivity index (χ4n) is 2.47. The van der Waals surface area contributed by atoms with Gasteiger partial charge in [0.2, 0.25) is 0 Å². The van der Waals surface area contributed by atoms with E-state index in [9.17, 15) is 14.7 Å². The van der Waals surface area contributed by atoms with Gasteiger partial charge in [-0.25, -0.2) is 0 Å². The van der Waals surface area contributed by atoms with Crippen LogP contribution >= 0.6 is 11.3 Å². The van der Waals surface area contributed by atoms with Gasteiger partial charge in [0.05, 0.1) is 24.8 Å². The highest BCUT2D eigenvalue weighted by molar-refractivity contribution is 7.17. The molecule has 0 aliphatic carbocycles. The number of carboxylic acid groups (broad SMARTS) is 1. The van der Waals surface area contributed by atoms with Crippen molar-refractivity contribution in [2.45, 2.75) is 13.0 Å². The third-order valence-electron chi connectivity index (χ3n) is 3.98. The number of amides is 1. The van der Waals surface area contributed by atoms with Crippen LogP contribution in [0, 0.1) is 5.41 Å². The fourth-order valence-corrected chi connectivity index (χ4v) is 3.42. The second-order valence-corrected chi connectivity index (χ2v) is 6.32. The first-order valence-corrected chi connectivity index (χ1v) is 7.48. The Morgan fingerprint density at radius 1 is 1.43 bits per heavy atom. The zero-order valence-corrected chi connectivity index (χ0v) is 12.3. The maximum atomic E-state index is 12.4. The number of ether oxygens (including phenoxy) is 1. The summed E-state index contributed by atoms with van der Waals surface area (Å²) in [6.07, 6.45) is 0. The summed E-state index contributed by atoms with van der Waals surface area (Å²) in [6.45, 7) is 1.92. The van der Waals surface area contributed by atoms with Crippen LogP contribution in [0.3, 0.4) is 0 Å². The van der Waals surface area contributed by atoms with Gasteiger partial charge in [0.1, 0.15) is 5.41 Å². The predicted octanol–water partition coefficient (Wildman–Crippen LogP) is 2.12. The molecular formula is C15H15NO4S. The molecule has 2 heterocycles. The van der Waals surface area contributed by atoms with Crippen molar-refractivity contribution in [3.8, 4) is 0 Å². The molecule has 110 valence electrons. The summed E-state index contributed by atoms with van der Waals surface area (Å²) in [5, 5.41) is 14.8. The van der Waals surface area contributed by atoms with Gasteiger partial charge in [-0.1, -0.05) is 18.2 Å². The second kappa shape index (κ2) is 5.13. The molecule has 0 saturated carbocycles. The molecule has 2 unspecified atom stereocenters. The van der Waals surface area contributed by atoms with Crippen LogP contribution in [0.2, 0.25) is 0 Å². The summed E-state index contributed by atoms with van der Waals surface area (Å²) in [6, 6.07) is 7.12. The Morgan fingerprint density at radius 2 is 2.19 bits per heavy atom. The molecular weight excluding hydrogens is 290 g/mol. The van der Waals surface area contributed by atoms with Crippen molar-refractivity contribution in [3.63, 3.8) is 0 Å². The van der Waals surface area contributed by atoms with E-state index in [1.807, 2.05) is 24.3 Å². The number of carbonyl (C=O) groups is 2. The smallest absolute Gasteiger partial charge is 0.313 e. The van der Waals surface area contributed by atoms with Crippen LogP contribution in [-0.4, -0.2) is 36.2 Å². The Balaban J connectivity index is 1.85. The van der Waals surface area contributed by atoms with E-state index in [1.165, 1.54) is 11.3 Å². The lowest BCUT2D eigenvalue weighted by molar-refractivity contribution is -0.148. The number of aliphatic carboxylic acids is 1. The van der Waals surface area contributed by atoms with Gasteiger partial charge in [-0.05, 0) is 13.0 Å². The van der Waals surface area contributed by atoms with Crippen LogP contribution in [0.25, 0.3) is 10.1 Å². The van der Waals surface area contributed by atoms with Crippen molar-refractivity contribution in [2.75, 3.05) is 13.2 Å². The molecule has 1 aromatic carbocycles. The average Bonchev–Trinajstić information content (AvgIpc) is 3.04. The average molecular weight is 305 g/mol. The molecule has 1 fully saturated rings. The summed E-state index contributed by atoms with van der Waals surface area (Å²) >= 11 is 1.50. The highest BCUT2D eigenvalue weighted by Gasteiger charge is 2.47. The van der Waals surface area contributed by atoms with Crippen LogP contribution in [0.1, 0.15) is 17.3 Å². The lowest BCUT2D eigenvalue weighted by Crippen LogP contribution is -2.49. The summed E-state index contributed by atoms with van der Waals surface area (Å²) < 4.78 is 6.28. The van der Waals surface area contributed by atoms with Crippen LogP contribution < -0.4 is 5.32 Å². The molecule has 1 aromatic heterocycles. The molecule has 1 amide bonds. The fraction of sp³-hybridized carbons (Fsp3) is 0.333. The number of hydrogen-bond donors (Lipinski definition) is 2. The van der Waals surface area contributed by atoms with Gasteiger partial charge in [-0.15, -0.1) is 11.3 Å². The third-order valence-corrected chi connectivity index (χ3v) is 4.94. The van der Waals surface area contributed by atoms with E-state index in [0.717, 1.165) is 10.1 Å². The first-order chi connectivity index (χ1) is 10.0. The van der Waals surface area contributed by atoms with Crippen LogP contribution in [0.15, 0.2) is 29.6 Å². The largest absolute Gasteiger partial charge is 0.481 e. The summed E-state index contributed by atoms with van der Waals surface area (Å²) in [5.41, 5.74) is -0.503.